The van der Waals surface area contributed by atoms with Crippen molar-refractivity contribution in [2.45, 2.75) is 38.8 Å². The summed E-state index contributed by atoms with van der Waals surface area (Å²) in [6.45, 7) is 5.46. The Balaban J connectivity index is 2.16. The van der Waals surface area contributed by atoms with E-state index in [1.54, 1.807) is 6.33 Å². The van der Waals surface area contributed by atoms with Gasteiger partial charge in [0.15, 0.2) is 5.82 Å². The number of hydrogen-bond donors (Lipinski definition) is 0. The van der Waals surface area contributed by atoms with Crippen LogP contribution in [0.1, 0.15) is 30.3 Å². The minimum absolute atomic E-state index is 0.433. The maximum atomic E-state index is 5.97. The number of aryl methyl sites for hydroxylation is 2. The second-order valence-corrected chi connectivity index (χ2v) is 6.01. The quantitative estimate of drug-likeness (QED) is 0.678. The van der Waals surface area contributed by atoms with Gasteiger partial charge in [-0.25, -0.2) is 9.67 Å². The van der Waals surface area contributed by atoms with Crippen LogP contribution < -0.4 is 4.74 Å². The lowest BCUT2D eigenvalue weighted by Crippen LogP contribution is -2.09. The van der Waals surface area contributed by atoms with Crippen LogP contribution in [0.25, 0.3) is 0 Å². The minimum Gasteiger partial charge on any atom is -0.485 e. The Bertz CT molecular complexity index is 584. The Morgan fingerprint density at radius 1 is 1.35 bits per heavy atom. The van der Waals surface area contributed by atoms with Crippen LogP contribution in [0.2, 0.25) is 0 Å². The predicted octanol–water partition coefficient (Wildman–Crippen LogP) is 4.23. The van der Waals surface area contributed by atoms with E-state index in [4.69, 9.17) is 4.74 Å². The number of ether oxygens (including phenoxy) is 1. The van der Waals surface area contributed by atoms with Gasteiger partial charge >= 0.3 is 0 Å². The van der Waals surface area contributed by atoms with Crippen molar-refractivity contribution in [3.05, 3.63) is 39.9 Å². The molecule has 0 bridgehead atoms. The van der Waals surface area contributed by atoms with Crippen LogP contribution in [-0.4, -0.2) is 14.8 Å². The van der Waals surface area contributed by atoms with Crippen molar-refractivity contribution >= 4 is 31.9 Å². The molecule has 1 heterocycles. The molecular weight excluding hydrogens is 386 g/mol. The molecule has 0 aliphatic heterocycles. The lowest BCUT2D eigenvalue weighted by Gasteiger charge is -2.13. The molecule has 0 aliphatic carbocycles. The van der Waals surface area contributed by atoms with E-state index in [2.05, 4.69) is 61.0 Å². The molecule has 1 aromatic heterocycles. The van der Waals surface area contributed by atoms with Crippen LogP contribution in [-0.2, 0) is 18.5 Å². The van der Waals surface area contributed by atoms with Crippen molar-refractivity contribution in [3.63, 3.8) is 0 Å². The number of halogens is 2. The van der Waals surface area contributed by atoms with Crippen LogP contribution in [0.5, 0.6) is 5.75 Å². The SMILES string of the molecule is CCCn1ncnc1COc1c(C)cc(Br)cc1CBr. The molecule has 0 aliphatic rings. The lowest BCUT2D eigenvalue weighted by molar-refractivity contribution is 0.282. The molecule has 20 heavy (non-hydrogen) atoms. The normalized spacial score (nSPS) is 10.8. The Morgan fingerprint density at radius 3 is 2.85 bits per heavy atom. The molecule has 0 saturated carbocycles. The first-order valence-electron chi connectivity index (χ1n) is 6.50. The second kappa shape index (κ2) is 7.22. The third kappa shape index (κ3) is 3.61. The Kier molecular flexibility index (Phi) is 5.60. The van der Waals surface area contributed by atoms with Gasteiger partial charge in [-0.2, -0.15) is 5.10 Å². The van der Waals surface area contributed by atoms with E-state index >= 15 is 0 Å². The number of alkyl halides is 1. The van der Waals surface area contributed by atoms with E-state index in [-0.39, 0.29) is 0 Å². The van der Waals surface area contributed by atoms with E-state index in [1.165, 1.54) is 0 Å². The molecule has 2 rings (SSSR count). The lowest BCUT2D eigenvalue weighted by atomic mass is 10.1. The largest absolute Gasteiger partial charge is 0.485 e. The van der Waals surface area contributed by atoms with E-state index in [0.717, 1.165) is 45.5 Å². The van der Waals surface area contributed by atoms with Crippen molar-refractivity contribution in [2.24, 2.45) is 0 Å². The van der Waals surface area contributed by atoms with Crippen molar-refractivity contribution in [1.29, 1.82) is 0 Å². The van der Waals surface area contributed by atoms with Gasteiger partial charge in [-0.3, -0.25) is 0 Å². The fraction of sp³-hybridized carbons (Fsp3) is 0.429. The molecule has 1 aromatic carbocycles. The summed E-state index contributed by atoms with van der Waals surface area (Å²) in [7, 11) is 0. The molecule has 0 saturated heterocycles. The zero-order valence-electron chi connectivity index (χ0n) is 11.6. The number of aromatic nitrogens is 3. The van der Waals surface area contributed by atoms with Crippen LogP contribution in [0.15, 0.2) is 22.9 Å². The molecule has 0 N–H and O–H groups in total. The van der Waals surface area contributed by atoms with Gasteiger partial charge in [-0.05, 0) is 31.0 Å². The molecule has 0 unspecified atom stereocenters. The van der Waals surface area contributed by atoms with E-state index < -0.39 is 0 Å². The number of benzene rings is 1. The van der Waals surface area contributed by atoms with Gasteiger partial charge in [0.2, 0.25) is 0 Å². The van der Waals surface area contributed by atoms with Gasteiger partial charge in [0.05, 0.1) is 0 Å². The van der Waals surface area contributed by atoms with E-state index in [0.29, 0.717) is 6.61 Å². The third-order valence-electron chi connectivity index (χ3n) is 2.94. The molecule has 0 radical (unpaired) electrons. The van der Waals surface area contributed by atoms with Crippen LogP contribution in [0, 0.1) is 6.92 Å². The Labute approximate surface area is 135 Å². The molecule has 0 fully saturated rings. The highest BCUT2D eigenvalue weighted by molar-refractivity contribution is 9.10. The summed E-state index contributed by atoms with van der Waals surface area (Å²) < 4.78 is 8.92. The van der Waals surface area contributed by atoms with Crippen molar-refractivity contribution < 1.29 is 4.74 Å². The maximum Gasteiger partial charge on any atom is 0.164 e. The van der Waals surface area contributed by atoms with Crippen molar-refractivity contribution in [3.8, 4) is 5.75 Å². The molecule has 0 spiro atoms. The fourth-order valence-corrected chi connectivity index (χ4v) is 3.08. The summed E-state index contributed by atoms with van der Waals surface area (Å²) in [5.41, 5.74) is 2.23. The zero-order chi connectivity index (χ0) is 14.5. The highest BCUT2D eigenvalue weighted by Gasteiger charge is 2.11. The van der Waals surface area contributed by atoms with Crippen molar-refractivity contribution in [2.75, 3.05) is 0 Å². The first kappa shape index (κ1) is 15.5. The summed E-state index contributed by atoms with van der Waals surface area (Å²) in [6.07, 6.45) is 2.61. The molecule has 108 valence electrons. The van der Waals surface area contributed by atoms with Gasteiger partial charge in [-0.15, -0.1) is 0 Å². The smallest absolute Gasteiger partial charge is 0.164 e. The Hall–Kier alpha value is -0.880. The van der Waals surface area contributed by atoms with E-state index in [1.807, 2.05) is 11.6 Å². The van der Waals surface area contributed by atoms with Gasteiger partial charge in [0.1, 0.15) is 18.7 Å². The average molecular weight is 403 g/mol. The number of hydrogen-bond acceptors (Lipinski definition) is 3. The highest BCUT2D eigenvalue weighted by atomic mass is 79.9. The third-order valence-corrected chi connectivity index (χ3v) is 4.00. The topological polar surface area (TPSA) is 39.9 Å². The molecule has 6 heteroatoms. The van der Waals surface area contributed by atoms with Gasteiger partial charge in [0, 0.05) is 21.9 Å². The van der Waals surface area contributed by atoms with Crippen molar-refractivity contribution in [1.82, 2.24) is 14.8 Å². The van der Waals surface area contributed by atoms with Crippen LogP contribution in [0.3, 0.4) is 0 Å². The monoisotopic (exact) mass is 401 g/mol. The second-order valence-electron chi connectivity index (χ2n) is 4.53. The summed E-state index contributed by atoms with van der Waals surface area (Å²) in [4.78, 5) is 4.26. The zero-order valence-corrected chi connectivity index (χ0v) is 14.7. The first-order valence-corrected chi connectivity index (χ1v) is 8.41. The number of nitrogens with zero attached hydrogens (tertiary/aromatic N) is 3. The fourth-order valence-electron chi connectivity index (χ4n) is 2.04. The maximum absolute atomic E-state index is 5.97. The predicted molar refractivity (Wildman–Crippen MR) is 86.2 cm³/mol. The summed E-state index contributed by atoms with van der Waals surface area (Å²) in [5, 5.41) is 4.96. The Morgan fingerprint density at radius 2 is 2.15 bits per heavy atom. The standard InChI is InChI=1S/C14H17Br2N3O/c1-3-4-19-13(17-9-18-19)8-20-14-10(2)5-12(16)6-11(14)7-15/h5-6,9H,3-4,7-8H2,1-2H3. The molecule has 0 atom stereocenters. The van der Waals surface area contributed by atoms with Gasteiger partial charge in [-0.1, -0.05) is 38.8 Å². The molecule has 4 nitrogen and oxygen atoms in total. The highest BCUT2D eigenvalue weighted by Crippen LogP contribution is 2.30. The van der Waals surface area contributed by atoms with Gasteiger partial charge in [0.25, 0.3) is 0 Å². The first-order chi connectivity index (χ1) is 9.65. The molecule has 2 aromatic rings. The molecule has 0 amide bonds. The average Bonchev–Trinajstić information content (AvgIpc) is 2.85. The van der Waals surface area contributed by atoms with Crippen LogP contribution >= 0.6 is 31.9 Å². The van der Waals surface area contributed by atoms with Crippen LogP contribution in [0.4, 0.5) is 0 Å². The number of rotatable bonds is 6. The summed E-state index contributed by atoms with van der Waals surface area (Å²) >= 11 is 7.01. The summed E-state index contributed by atoms with van der Waals surface area (Å²) in [5.74, 6) is 1.77. The minimum atomic E-state index is 0.433. The van der Waals surface area contributed by atoms with Gasteiger partial charge < -0.3 is 4.74 Å². The molecular formula is C14H17Br2N3O. The summed E-state index contributed by atoms with van der Waals surface area (Å²) in [6, 6.07) is 4.12. The van der Waals surface area contributed by atoms with E-state index in [9.17, 15) is 0 Å².